The number of aromatic nitrogens is 5. The van der Waals surface area contributed by atoms with Crippen molar-refractivity contribution in [2.24, 2.45) is 0 Å². The number of rotatable bonds is 7. The highest BCUT2D eigenvalue weighted by atomic mass is 35.5. The number of nitrogens with two attached hydrogens (primary N) is 1. The van der Waals surface area contributed by atoms with Crippen molar-refractivity contribution in [2.75, 3.05) is 17.6 Å². The van der Waals surface area contributed by atoms with Gasteiger partial charge in [-0.05, 0) is 24.6 Å². The number of halogens is 8. The van der Waals surface area contributed by atoms with Crippen molar-refractivity contribution in [1.82, 2.24) is 24.6 Å². The van der Waals surface area contributed by atoms with Gasteiger partial charge in [0.1, 0.15) is 17.0 Å². The van der Waals surface area contributed by atoms with Gasteiger partial charge in [0.2, 0.25) is 5.95 Å². The zero-order valence-corrected chi connectivity index (χ0v) is 21.8. The number of hydrogen-bond donors (Lipinski definition) is 3. The molecule has 0 bridgehead atoms. The Bertz CT molecular complexity index is 1540. The molecule has 0 saturated carbocycles. The first-order chi connectivity index (χ1) is 18.6. The van der Waals surface area contributed by atoms with Gasteiger partial charge in [0.25, 0.3) is 5.78 Å². The topological polar surface area (TPSA) is 148 Å². The molecule has 214 valence electrons. The van der Waals surface area contributed by atoms with Crippen molar-refractivity contribution < 1.29 is 41.0 Å². The average Bonchev–Trinajstić information content (AvgIpc) is 3.46. The predicted molar refractivity (Wildman–Crippen MR) is 134 cm³/mol. The van der Waals surface area contributed by atoms with Gasteiger partial charge in [-0.15, -0.1) is 11.3 Å². The number of carboxylic acids is 1. The lowest BCUT2D eigenvalue weighted by Crippen LogP contribution is -2.22. The Morgan fingerprint density at radius 2 is 1.75 bits per heavy atom. The minimum atomic E-state index is -5.08. The van der Waals surface area contributed by atoms with E-state index in [9.17, 15) is 31.1 Å². The maximum atomic E-state index is 12.6. The molecule has 0 spiro atoms. The van der Waals surface area contributed by atoms with E-state index in [2.05, 4.69) is 25.4 Å². The van der Waals surface area contributed by atoms with Crippen LogP contribution in [0.2, 0.25) is 10.0 Å². The zero-order valence-electron chi connectivity index (χ0n) is 19.5. The number of nitrogen functional groups attached to an aromatic ring is 1. The van der Waals surface area contributed by atoms with Crippen LogP contribution in [0.3, 0.4) is 0 Å². The van der Waals surface area contributed by atoms with E-state index in [0.29, 0.717) is 68.6 Å². The van der Waals surface area contributed by atoms with Crippen molar-refractivity contribution in [3.05, 3.63) is 50.5 Å². The molecule has 3 heterocycles. The van der Waals surface area contributed by atoms with E-state index in [0.717, 1.165) is 0 Å². The summed E-state index contributed by atoms with van der Waals surface area (Å²) in [5.41, 5.74) is 7.25. The molecule has 0 aliphatic carbocycles. The molecule has 0 amide bonds. The smallest absolute Gasteiger partial charge is 0.475 e. The second kappa shape index (κ2) is 12.2. The highest BCUT2D eigenvalue weighted by Gasteiger charge is 2.42. The highest BCUT2D eigenvalue weighted by molar-refractivity contribution is 7.14. The van der Waals surface area contributed by atoms with Gasteiger partial charge < -0.3 is 16.2 Å². The molecule has 40 heavy (non-hydrogen) atoms. The van der Waals surface area contributed by atoms with Crippen LogP contribution in [-0.4, -0.2) is 60.3 Å². The van der Waals surface area contributed by atoms with Gasteiger partial charge in [0.05, 0.1) is 15.7 Å². The van der Waals surface area contributed by atoms with Crippen LogP contribution in [-0.2, 0) is 11.2 Å². The van der Waals surface area contributed by atoms with Crippen molar-refractivity contribution in [2.45, 2.75) is 25.2 Å². The Morgan fingerprint density at radius 1 is 1.07 bits per heavy atom. The fourth-order valence-corrected chi connectivity index (χ4v) is 4.48. The molecule has 0 aliphatic heterocycles. The van der Waals surface area contributed by atoms with Gasteiger partial charge in [-0.1, -0.05) is 23.2 Å². The normalized spacial score (nSPS) is 11.7. The van der Waals surface area contributed by atoms with Gasteiger partial charge in [0.15, 0.2) is 5.65 Å². The summed E-state index contributed by atoms with van der Waals surface area (Å²) in [4.78, 5) is 32.4. The Balaban J connectivity index is 0.000000559. The number of carbonyl (C=O) groups is 2. The standard InChI is InChI=1S/C19H14Cl2F3N7OS.C2HF3O2/c20-9-3-4-10(11(21)6-9)12-7-13-27-8-28-31(13)18(29-12)26-5-1-2-14-30-17(25)15(33-14)16(32)19(22,23)24;3-2(4,5)1(6)7/h3-4,6-8H,1-2,5,25H2,(H,26,29);(H,6,7). The zero-order chi connectivity index (χ0) is 29.8. The molecular formula is C21H15Cl2F6N7O3S. The number of aryl methyl sites for hydroxylation is 1. The first-order valence-electron chi connectivity index (χ1n) is 10.6. The number of Topliss-reactive ketones (excluding diaryl/α,β-unsaturated/α-hetero) is 1. The Morgan fingerprint density at radius 3 is 2.35 bits per heavy atom. The van der Waals surface area contributed by atoms with Crippen LogP contribution >= 0.6 is 34.5 Å². The van der Waals surface area contributed by atoms with E-state index in [1.165, 1.54) is 10.8 Å². The fraction of sp³-hybridized carbons (Fsp3) is 0.238. The first-order valence-corrected chi connectivity index (χ1v) is 12.2. The minimum Gasteiger partial charge on any atom is -0.475 e. The van der Waals surface area contributed by atoms with Crippen LogP contribution in [0.25, 0.3) is 16.9 Å². The highest BCUT2D eigenvalue weighted by Crippen LogP contribution is 2.31. The molecule has 0 aliphatic rings. The second-order valence-electron chi connectivity index (χ2n) is 7.60. The summed E-state index contributed by atoms with van der Waals surface area (Å²) in [5, 5.41) is 15.7. The number of nitrogens with one attached hydrogen (secondary N) is 1. The molecule has 0 unspecified atom stereocenters. The van der Waals surface area contributed by atoms with Crippen LogP contribution in [0.15, 0.2) is 30.6 Å². The third kappa shape index (κ3) is 7.70. The fourth-order valence-electron chi connectivity index (χ4n) is 2.99. The summed E-state index contributed by atoms with van der Waals surface area (Å²) in [7, 11) is 0. The van der Waals surface area contributed by atoms with E-state index in [1.807, 2.05) is 0 Å². The summed E-state index contributed by atoms with van der Waals surface area (Å²) in [6.45, 7) is 0.391. The monoisotopic (exact) mass is 629 g/mol. The summed E-state index contributed by atoms with van der Waals surface area (Å²) in [6.07, 6.45) is -7.90. The number of anilines is 2. The number of carboxylic acid groups (broad SMARTS) is 1. The van der Waals surface area contributed by atoms with Gasteiger partial charge in [0, 0.05) is 29.6 Å². The predicted octanol–water partition coefficient (Wildman–Crippen LogP) is 5.56. The lowest BCUT2D eigenvalue weighted by molar-refractivity contribution is -0.192. The van der Waals surface area contributed by atoms with Gasteiger partial charge >= 0.3 is 18.3 Å². The number of fused-ring (bicyclic) bond motifs is 1. The van der Waals surface area contributed by atoms with Crippen LogP contribution in [0.4, 0.5) is 38.1 Å². The quantitative estimate of drug-likeness (QED) is 0.136. The molecule has 0 radical (unpaired) electrons. The van der Waals surface area contributed by atoms with Crippen molar-refractivity contribution in [3.63, 3.8) is 0 Å². The third-order valence-electron chi connectivity index (χ3n) is 4.73. The minimum absolute atomic E-state index is 0.316. The maximum Gasteiger partial charge on any atom is 0.490 e. The number of benzene rings is 1. The number of ketones is 1. The maximum absolute atomic E-state index is 12.6. The summed E-state index contributed by atoms with van der Waals surface area (Å²) in [6, 6.07) is 6.78. The second-order valence-corrected chi connectivity index (χ2v) is 9.53. The van der Waals surface area contributed by atoms with Crippen molar-refractivity contribution >= 4 is 63.7 Å². The number of thiazole rings is 1. The number of nitrogens with zero attached hydrogens (tertiary/aromatic N) is 5. The summed E-state index contributed by atoms with van der Waals surface area (Å²) >= 11 is 12.9. The Kier molecular flexibility index (Phi) is 9.42. The SMILES string of the molecule is Nc1nc(CCCNc2nc(-c3ccc(Cl)cc3Cl)cc3ncnn23)sc1C(=O)C(F)(F)F.O=C(O)C(F)(F)F. The van der Waals surface area contributed by atoms with Crippen LogP contribution in [0, 0.1) is 0 Å². The molecule has 0 saturated heterocycles. The number of aliphatic carboxylic acids is 1. The molecule has 10 nitrogen and oxygen atoms in total. The molecular weight excluding hydrogens is 615 g/mol. The lowest BCUT2D eigenvalue weighted by atomic mass is 10.1. The van der Waals surface area contributed by atoms with E-state index < -0.39 is 34.8 Å². The third-order valence-corrected chi connectivity index (χ3v) is 6.41. The van der Waals surface area contributed by atoms with E-state index >= 15 is 0 Å². The van der Waals surface area contributed by atoms with Crippen LogP contribution in [0.1, 0.15) is 21.1 Å². The largest absolute Gasteiger partial charge is 0.490 e. The van der Waals surface area contributed by atoms with Gasteiger partial charge in [-0.2, -0.15) is 36.0 Å². The Hall–Kier alpha value is -3.70. The number of hydrogen-bond acceptors (Lipinski definition) is 9. The first kappa shape index (κ1) is 30.8. The molecule has 4 rings (SSSR count). The molecule has 1 aromatic carbocycles. The molecule has 19 heteroatoms. The number of alkyl halides is 6. The van der Waals surface area contributed by atoms with Gasteiger partial charge in [-0.3, -0.25) is 4.79 Å². The summed E-state index contributed by atoms with van der Waals surface area (Å²) in [5.74, 6) is -4.76. The van der Waals surface area contributed by atoms with E-state index in [4.69, 9.17) is 38.8 Å². The number of carbonyl (C=O) groups excluding carboxylic acids is 1. The van der Waals surface area contributed by atoms with Crippen LogP contribution in [0.5, 0.6) is 0 Å². The lowest BCUT2D eigenvalue weighted by Gasteiger charge is -2.10. The van der Waals surface area contributed by atoms with Crippen molar-refractivity contribution in [1.29, 1.82) is 0 Å². The molecule has 4 aromatic rings. The van der Waals surface area contributed by atoms with Crippen molar-refractivity contribution in [3.8, 4) is 11.3 Å². The molecule has 0 atom stereocenters. The Labute approximate surface area is 233 Å². The van der Waals surface area contributed by atoms with Crippen LogP contribution < -0.4 is 11.1 Å². The van der Waals surface area contributed by atoms with Gasteiger partial charge in [-0.25, -0.2) is 19.7 Å². The molecule has 0 fully saturated rings. The van der Waals surface area contributed by atoms with E-state index in [1.54, 1.807) is 24.3 Å². The molecule has 4 N–H and O–H groups in total. The average molecular weight is 630 g/mol. The van der Waals surface area contributed by atoms with E-state index in [-0.39, 0.29) is 0 Å². The summed E-state index contributed by atoms with van der Waals surface area (Å²) < 4.78 is 71.2. The molecule has 3 aromatic heterocycles.